The van der Waals surface area contributed by atoms with Crippen molar-refractivity contribution >= 4 is 57.1 Å². The van der Waals surface area contributed by atoms with Crippen LogP contribution in [-0.2, 0) is 4.79 Å². The fourth-order valence-electron chi connectivity index (χ4n) is 2.15. The number of hydrogen-bond donors (Lipinski definition) is 2. The zero-order chi connectivity index (χ0) is 19.2. The van der Waals surface area contributed by atoms with Gasteiger partial charge in [-0.25, -0.2) is 0 Å². The van der Waals surface area contributed by atoms with Crippen molar-refractivity contribution in [2.45, 2.75) is 16.5 Å². The van der Waals surface area contributed by atoms with Gasteiger partial charge in [0.15, 0.2) is 4.34 Å². The molecule has 0 fully saturated rings. The van der Waals surface area contributed by atoms with Crippen LogP contribution in [0.15, 0.2) is 52.9 Å². The van der Waals surface area contributed by atoms with Gasteiger partial charge >= 0.3 is 0 Å². The van der Waals surface area contributed by atoms with Crippen LogP contribution >= 0.6 is 34.7 Å². The Hall–Kier alpha value is -2.29. The van der Waals surface area contributed by atoms with E-state index >= 15 is 0 Å². The van der Waals surface area contributed by atoms with Gasteiger partial charge in [0.25, 0.3) is 0 Å². The molecule has 2 N–H and O–H groups in total. The number of benzene rings is 2. The van der Waals surface area contributed by atoms with Gasteiger partial charge in [0, 0.05) is 10.7 Å². The van der Waals surface area contributed by atoms with Crippen LogP contribution in [0, 0.1) is 0 Å². The summed E-state index contributed by atoms with van der Waals surface area (Å²) in [5, 5.41) is 15.2. The molecule has 1 amide bonds. The summed E-state index contributed by atoms with van der Waals surface area (Å²) in [5.74, 6) is 0.606. The Morgan fingerprint density at radius 2 is 1.93 bits per heavy atom. The highest BCUT2D eigenvalue weighted by Crippen LogP contribution is 2.33. The van der Waals surface area contributed by atoms with Crippen LogP contribution in [0.1, 0.15) is 6.92 Å². The molecule has 0 aliphatic rings. The lowest BCUT2D eigenvalue weighted by Gasteiger charge is -2.10. The van der Waals surface area contributed by atoms with E-state index in [4.69, 9.17) is 16.3 Å². The molecule has 0 unspecified atom stereocenters. The quantitative estimate of drug-likeness (QED) is 0.520. The van der Waals surface area contributed by atoms with Gasteiger partial charge in [0.2, 0.25) is 11.0 Å². The maximum Gasteiger partial charge on any atom is 0.237 e. The molecule has 9 heteroatoms. The summed E-state index contributed by atoms with van der Waals surface area (Å²) in [7, 11) is 1.61. The first-order valence-corrected chi connectivity index (χ1v) is 10.1. The maximum absolute atomic E-state index is 12.3. The van der Waals surface area contributed by atoms with Crippen LogP contribution in [-0.4, -0.2) is 28.5 Å². The third-order valence-electron chi connectivity index (χ3n) is 3.51. The van der Waals surface area contributed by atoms with E-state index in [2.05, 4.69) is 20.8 Å². The van der Waals surface area contributed by atoms with E-state index in [1.807, 2.05) is 31.2 Å². The van der Waals surface area contributed by atoms with Crippen molar-refractivity contribution in [1.29, 1.82) is 0 Å². The standard InChI is InChI=1S/C18H17ClN4O2S2/c1-11(16(24)20-13-9-7-12(19)8-10-13)26-18-23-22-17(27-18)21-14-5-3-4-6-15(14)25-2/h3-11H,1-2H3,(H,20,24)(H,21,22)/t11-/m0/s1. The molecule has 0 saturated carbocycles. The lowest BCUT2D eigenvalue weighted by Crippen LogP contribution is -2.22. The highest BCUT2D eigenvalue weighted by molar-refractivity contribution is 8.02. The second-order valence-electron chi connectivity index (χ2n) is 5.45. The molecule has 6 nitrogen and oxygen atoms in total. The smallest absolute Gasteiger partial charge is 0.237 e. The predicted molar refractivity (Wildman–Crippen MR) is 112 cm³/mol. The summed E-state index contributed by atoms with van der Waals surface area (Å²) in [6, 6.07) is 14.6. The average molecular weight is 421 g/mol. The van der Waals surface area contributed by atoms with E-state index in [9.17, 15) is 4.79 Å². The van der Waals surface area contributed by atoms with Gasteiger partial charge in [-0.15, -0.1) is 10.2 Å². The van der Waals surface area contributed by atoms with Crippen molar-refractivity contribution in [1.82, 2.24) is 10.2 Å². The topological polar surface area (TPSA) is 76.1 Å². The second kappa shape index (κ2) is 9.07. The number of anilines is 3. The Bertz CT molecular complexity index is 918. The van der Waals surface area contributed by atoms with Crippen LogP contribution < -0.4 is 15.4 Å². The first-order valence-electron chi connectivity index (χ1n) is 8.02. The Morgan fingerprint density at radius 3 is 2.67 bits per heavy atom. The predicted octanol–water partition coefficient (Wildman–Crippen LogP) is 5.06. The van der Waals surface area contributed by atoms with Gasteiger partial charge in [0.05, 0.1) is 18.0 Å². The van der Waals surface area contributed by atoms with Gasteiger partial charge in [0.1, 0.15) is 5.75 Å². The number of carbonyl (C=O) groups excluding carboxylic acids is 1. The van der Waals surface area contributed by atoms with Gasteiger partial charge in [-0.2, -0.15) is 0 Å². The summed E-state index contributed by atoms with van der Waals surface area (Å²) in [6.07, 6.45) is 0. The lowest BCUT2D eigenvalue weighted by atomic mass is 10.3. The lowest BCUT2D eigenvalue weighted by molar-refractivity contribution is -0.115. The fraction of sp³-hybridized carbons (Fsp3) is 0.167. The normalized spacial score (nSPS) is 11.7. The molecule has 2 aromatic carbocycles. The van der Waals surface area contributed by atoms with Crippen molar-refractivity contribution in [3.63, 3.8) is 0 Å². The summed E-state index contributed by atoms with van der Waals surface area (Å²) in [4.78, 5) is 12.3. The molecule has 3 aromatic rings. The van der Waals surface area contributed by atoms with Crippen LogP contribution in [0.2, 0.25) is 5.02 Å². The summed E-state index contributed by atoms with van der Waals surface area (Å²) < 4.78 is 6.01. The Labute approximate surface area is 170 Å². The molecule has 1 aromatic heterocycles. The molecular formula is C18H17ClN4O2S2. The number of aromatic nitrogens is 2. The van der Waals surface area contributed by atoms with E-state index in [-0.39, 0.29) is 11.2 Å². The molecule has 1 atom stereocenters. The molecule has 3 rings (SSSR count). The van der Waals surface area contributed by atoms with Gasteiger partial charge < -0.3 is 15.4 Å². The summed E-state index contributed by atoms with van der Waals surface area (Å²) in [6.45, 7) is 1.82. The van der Waals surface area contributed by atoms with Crippen LogP contribution in [0.25, 0.3) is 0 Å². The van der Waals surface area contributed by atoms with Gasteiger partial charge in [-0.1, -0.05) is 46.8 Å². The summed E-state index contributed by atoms with van der Waals surface area (Å²) in [5.41, 5.74) is 1.51. The SMILES string of the molecule is COc1ccccc1Nc1nnc(S[C@@H](C)C(=O)Nc2ccc(Cl)cc2)s1. The number of ether oxygens (including phenoxy) is 1. The number of thioether (sulfide) groups is 1. The average Bonchev–Trinajstić information content (AvgIpc) is 3.10. The molecule has 0 aliphatic heterocycles. The van der Waals surface area contributed by atoms with Crippen molar-refractivity contribution < 1.29 is 9.53 Å². The van der Waals surface area contributed by atoms with Gasteiger partial charge in [-0.05, 0) is 43.3 Å². The molecule has 27 heavy (non-hydrogen) atoms. The number of methoxy groups -OCH3 is 1. The Balaban J connectivity index is 1.59. The third kappa shape index (κ3) is 5.35. The van der Waals surface area contributed by atoms with Crippen LogP contribution in [0.3, 0.4) is 0 Å². The Morgan fingerprint density at radius 1 is 1.19 bits per heavy atom. The zero-order valence-corrected chi connectivity index (χ0v) is 17.0. The molecular weight excluding hydrogens is 404 g/mol. The second-order valence-corrected chi connectivity index (χ2v) is 8.46. The number of hydrogen-bond acceptors (Lipinski definition) is 7. The number of carbonyl (C=O) groups is 1. The molecule has 140 valence electrons. The molecule has 0 saturated heterocycles. The number of nitrogens with zero attached hydrogens (tertiary/aromatic N) is 2. The van der Waals surface area contributed by atoms with Crippen molar-refractivity contribution in [3.8, 4) is 5.75 Å². The highest BCUT2D eigenvalue weighted by Gasteiger charge is 2.17. The highest BCUT2D eigenvalue weighted by atomic mass is 35.5. The summed E-state index contributed by atoms with van der Waals surface area (Å²) >= 11 is 8.58. The monoisotopic (exact) mass is 420 g/mol. The fourth-order valence-corrected chi connectivity index (χ4v) is 4.19. The number of halogens is 1. The number of nitrogens with one attached hydrogen (secondary N) is 2. The third-order valence-corrected chi connectivity index (χ3v) is 5.79. The van der Waals surface area contributed by atoms with E-state index in [1.165, 1.54) is 23.1 Å². The minimum Gasteiger partial charge on any atom is -0.495 e. The Kier molecular flexibility index (Phi) is 6.54. The largest absolute Gasteiger partial charge is 0.495 e. The van der Waals surface area contributed by atoms with E-state index < -0.39 is 0 Å². The van der Waals surface area contributed by atoms with Crippen molar-refractivity contribution in [3.05, 3.63) is 53.6 Å². The minimum atomic E-state index is -0.326. The maximum atomic E-state index is 12.3. The van der Waals surface area contributed by atoms with E-state index in [0.717, 1.165) is 11.4 Å². The number of para-hydroxylation sites is 2. The van der Waals surface area contributed by atoms with E-state index in [0.29, 0.717) is 20.2 Å². The van der Waals surface area contributed by atoms with E-state index in [1.54, 1.807) is 31.4 Å². The van der Waals surface area contributed by atoms with Crippen LogP contribution in [0.5, 0.6) is 5.75 Å². The molecule has 1 heterocycles. The number of amides is 1. The van der Waals surface area contributed by atoms with Crippen molar-refractivity contribution in [2.75, 3.05) is 17.7 Å². The molecule has 0 radical (unpaired) electrons. The zero-order valence-electron chi connectivity index (χ0n) is 14.6. The van der Waals surface area contributed by atoms with Gasteiger partial charge in [-0.3, -0.25) is 4.79 Å². The molecule has 0 aliphatic carbocycles. The molecule has 0 spiro atoms. The molecule has 0 bridgehead atoms. The van der Waals surface area contributed by atoms with Crippen molar-refractivity contribution in [2.24, 2.45) is 0 Å². The minimum absolute atomic E-state index is 0.114. The first kappa shape index (κ1) is 19.5. The first-order chi connectivity index (χ1) is 13.0. The number of rotatable bonds is 7. The van der Waals surface area contributed by atoms with Crippen LogP contribution in [0.4, 0.5) is 16.5 Å².